The van der Waals surface area contributed by atoms with Gasteiger partial charge >= 0.3 is 0 Å². The molecule has 1 aromatic heterocycles. The van der Waals surface area contributed by atoms with Crippen LogP contribution in [0.25, 0.3) is 38.3 Å². The molecule has 0 saturated heterocycles. The topological polar surface area (TPSA) is 28.7 Å². The Morgan fingerprint density at radius 2 is 1.46 bits per heavy atom. The quantitative estimate of drug-likeness (QED) is 0.332. The highest BCUT2D eigenvalue weighted by molar-refractivity contribution is 9.10. The minimum Gasteiger partial charge on any atom is -0.309 e. The highest BCUT2D eigenvalue weighted by atomic mass is 79.9. The van der Waals surface area contributed by atoms with Crippen molar-refractivity contribution in [2.24, 2.45) is 0 Å². The molecule has 4 aromatic carbocycles. The van der Waals surface area contributed by atoms with Gasteiger partial charge in [-0.05, 0) is 47.2 Å². The molecule has 2 nitrogen and oxygen atoms in total. The zero-order valence-electron chi connectivity index (χ0n) is 12.6. The van der Waals surface area contributed by atoms with E-state index in [9.17, 15) is 5.26 Å². The van der Waals surface area contributed by atoms with Gasteiger partial charge in [-0.15, -0.1) is 0 Å². The zero-order chi connectivity index (χ0) is 16.3. The van der Waals surface area contributed by atoms with E-state index in [0.29, 0.717) is 5.56 Å². The molecule has 0 saturated carbocycles. The van der Waals surface area contributed by atoms with Crippen molar-refractivity contribution in [1.29, 1.82) is 5.26 Å². The molecule has 5 rings (SSSR count). The Hall–Kier alpha value is -2.83. The van der Waals surface area contributed by atoms with Gasteiger partial charge in [0, 0.05) is 20.9 Å². The van der Waals surface area contributed by atoms with E-state index in [-0.39, 0.29) is 0 Å². The predicted molar refractivity (Wildman–Crippen MR) is 102 cm³/mol. The average molecular weight is 371 g/mol. The molecule has 0 aliphatic heterocycles. The number of halogens is 1. The Labute approximate surface area is 147 Å². The third kappa shape index (κ3) is 1.75. The summed E-state index contributed by atoms with van der Waals surface area (Å²) in [5.74, 6) is 0. The van der Waals surface area contributed by atoms with Crippen molar-refractivity contribution in [2.75, 3.05) is 0 Å². The number of rotatable bonds is 1. The maximum Gasteiger partial charge on any atom is 0.0992 e. The van der Waals surface area contributed by atoms with Crippen LogP contribution in [0.2, 0.25) is 0 Å². The lowest BCUT2D eigenvalue weighted by Gasteiger charge is -2.07. The Kier molecular flexibility index (Phi) is 2.74. The molecule has 0 bridgehead atoms. The minimum absolute atomic E-state index is 0.685. The van der Waals surface area contributed by atoms with Crippen LogP contribution in [0.5, 0.6) is 0 Å². The fourth-order valence-electron chi connectivity index (χ4n) is 3.65. The van der Waals surface area contributed by atoms with Crippen molar-refractivity contribution in [3.05, 3.63) is 76.8 Å². The van der Waals surface area contributed by atoms with Crippen LogP contribution in [0.15, 0.2) is 71.2 Å². The summed E-state index contributed by atoms with van der Waals surface area (Å²) in [5.41, 5.74) is 4.02. The number of aromatic nitrogens is 1. The van der Waals surface area contributed by atoms with Crippen LogP contribution in [-0.4, -0.2) is 4.57 Å². The normalized spacial score (nSPS) is 11.5. The summed E-state index contributed by atoms with van der Waals surface area (Å²) in [6, 6.07) is 25.1. The SMILES string of the molecule is N#Cc1cc2ccc3cc(Br)cc4c3c2c(c1)n4-c1ccccc1. The van der Waals surface area contributed by atoms with Crippen molar-refractivity contribution >= 4 is 48.5 Å². The summed E-state index contributed by atoms with van der Waals surface area (Å²) in [4.78, 5) is 0. The van der Waals surface area contributed by atoms with E-state index in [2.05, 4.69) is 63.0 Å². The molecule has 0 N–H and O–H groups in total. The van der Waals surface area contributed by atoms with Gasteiger partial charge in [0.2, 0.25) is 0 Å². The maximum absolute atomic E-state index is 9.42. The Bertz CT molecular complexity index is 1260. The molecule has 0 radical (unpaired) electrons. The molecule has 0 spiro atoms. The van der Waals surface area contributed by atoms with Gasteiger partial charge in [0.1, 0.15) is 0 Å². The molecule has 0 aliphatic rings. The summed E-state index contributed by atoms with van der Waals surface area (Å²) >= 11 is 3.64. The molecular formula is C21H11BrN2. The van der Waals surface area contributed by atoms with Crippen molar-refractivity contribution in [3.8, 4) is 11.8 Å². The molecule has 0 aliphatic carbocycles. The molecule has 3 heteroatoms. The summed E-state index contributed by atoms with van der Waals surface area (Å²) in [5, 5.41) is 14.2. The standard InChI is InChI=1S/C21H11BrN2/c22-16-10-15-7-6-14-8-13(12-23)9-18-20(14)21(15)19(11-16)24(18)17-4-2-1-3-5-17/h1-11H. The van der Waals surface area contributed by atoms with Crippen molar-refractivity contribution in [3.63, 3.8) is 0 Å². The third-order valence-electron chi connectivity index (χ3n) is 4.58. The zero-order valence-corrected chi connectivity index (χ0v) is 14.2. The second kappa shape index (κ2) is 4.83. The Morgan fingerprint density at radius 1 is 0.792 bits per heavy atom. The fourth-order valence-corrected chi connectivity index (χ4v) is 4.11. The number of hydrogen-bond acceptors (Lipinski definition) is 1. The van der Waals surface area contributed by atoms with Crippen LogP contribution in [0.1, 0.15) is 5.56 Å². The van der Waals surface area contributed by atoms with Crippen molar-refractivity contribution in [2.45, 2.75) is 0 Å². The molecule has 24 heavy (non-hydrogen) atoms. The highest BCUT2D eigenvalue weighted by Gasteiger charge is 2.17. The Balaban J connectivity index is 2.12. The molecule has 0 unspecified atom stereocenters. The van der Waals surface area contributed by atoms with Gasteiger partial charge in [-0.3, -0.25) is 0 Å². The smallest absolute Gasteiger partial charge is 0.0992 e. The summed E-state index contributed by atoms with van der Waals surface area (Å²) < 4.78 is 3.30. The van der Waals surface area contributed by atoms with Gasteiger partial charge in [0.15, 0.2) is 0 Å². The summed E-state index contributed by atoms with van der Waals surface area (Å²) in [6.07, 6.45) is 0. The highest BCUT2D eigenvalue weighted by Crippen LogP contribution is 2.40. The first-order valence-corrected chi connectivity index (χ1v) is 8.51. The lowest BCUT2D eigenvalue weighted by atomic mass is 10.0. The van der Waals surface area contributed by atoms with E-state index < -0.39 is 0 Å². The number of nitrogens with zero attached hydrogens (tertiary/aromatic N) is 2. The number of nitriles is 1. The largest absolute Gasteiger partial charge is 0.309 e. The van der Waals surface area contributed by atoms with Crippen LogP contribution in [0.4, 0.5) is 0 Å². The van der Waals surface area contributed by atoms with Crippen LogP contribution in [0, 0.1) is 11.3 Å². The maximum atomic E-state index is 9.42. The van der Waals surface area contributed by atoms with Gasteiger partial charge in [0.05, 0.1) is 22.7 Å². The van der Waals surface area contributed by atoms with Crippen molar-refractivity contribution in [1.82, 2.24) is 4.57 Å². The van der Waals surface area contributed by atoms with E-state index in [1.807, 2.05) is 30.3 Å². The molecule has 0 atom stereocenters. The lowest BCUT2D eigenvalue weighted by molar-refractivity contribution is 1.18. The Morgan fingerprint density at radius 3 is 2.17 bits per heavy atom. The number of hydrogen-bond donors (Lipinski definition) is 0. The van der Waals surface area contributed by atoms with E-state index in [1.54, 1.807) is 0 Å². The molecule has 0 fully saturated rings. The lowest BCUT2D eigenvalue weighted by Crippen LogP contribution is -1.93. The first kappa shape index (κ1) is 13.6. The number of benzene rings is 4. The third-order valence-corrected chi connectivity index (χ3v) is 5.04. The van der Waals surface area contributed by atoms with Gasteiger partial charge in [-0.1, -0.05) is 46.3 Å². The molecule has 5 aromatic rings. The van der Waals surface area contributed by atoms with E-state index in [0.717, 1.165) is 26.6 Å². The van der Waals surface area contributed by atoms with E-state index in [1.165, 1.54) is 16.2 Å². The monoisotopic (exact) mass is 370 g/mol. The van der Waals surface area contributed by atoms with Crippen LogP contribution in [-0.2, 0) is 0 Å². The van der Waals surface area contributed by atoms with Crippen LogP contribution in [0.3, 0.4) is 0 Å². The first-order valence-electron chi connectivity index (χ1n) is 7.71. The van der Waals surface area contributed by atoms with Gasteiger partial charge in [-0.2, -0.15) is 5.26 Å². The van der Waals surface area contributed by atoms with E-state index in [4.69, 9.17) is 0 Å². The summed E-state index contributed by atoms with van der Waals surface area (Å²) in [7, 11) is 0. The van der Waals surface area contributed by atoms with Gasteiger partial charge < -0.3 is 4.57 Å². The van der Waals surface area contributed by atoms with Gasteiger partial charge in [0.25, 0.3) is 0 Å². The predicted octanol–water partition coefficient (Wildman–Crippen LogP) is 6.01. The second-order valence-corrected chi connectivity index (χ2v) is 6.88. The first-order chi connectivity index (χ1) is 11.8. The van der Waals surface area contributed by atoms with E-state index >= 15 is 0 Å². The van der Waals surface area contributed by atoms with Crippen LogP contribution < -0.4 is 0 Å². The molecule has 1 heterocycles. The fraction of sp³-hybridized carbons (Fsp3) is 0. The molecule has 0 amide bonds. The molecule has 112 valence electrons. The van der Waals surface area contributed by atoms with Crippen LogP contribution >= 0.6 is 15.9 Å². The summed E-state index contributed by atoms with van der Waals surface area (Å²) in [6.45, 7) is 0. The van der Waals surface area contributed by atoms with Crippen molar-refractivity contribution < 1.29 is 0 Å². The number of para-hydroxylation sites is 1. The van der Waals surface area contributed by atoms with Gasteiger partial charge in [-0.25, -0.2) is 0 Å². The average Bonchev–Trinajstić information content (AvgIpc) is 2.94. The minimum atomic E-state index is 0.685. The second-order valence-electron chi connectivity index (χ2n) is 5.96. The molecular weight excluding hydrogens is 360 g/mol.